The molecule has 0 aliphatic carbocycles. The van der Waals surface area contributed by atoms with Crippen LogP contribution in [0, 0.1) is 13.8 Å². The molecule has 19 heavy (non-hydrogen) atoms. The summed E-state index contributed by atoms with van der Waals surface area (Å²) in [4.78, 5) is 14.0. The van der Waals surface area contributed by atoms with E-state index in [9.17, 15) is 4.79 Å². The van der Waals surface area contributed by atoms with Gasteiger partial charge < -0.3 is 5.32 Å². The molecule has 0 radical (unpaired) electrons. The van der Waals surface area contributed by atoms with Crippen molar-refractivity contribution in [3.8, 4) is 0 Å². The minimum atomic E-state index is -0.180. The van der Waals surface area contributed by atoms with Crippen molar-refractivity contribution in [1.29, 1.82) is 0 Å². The van der Waals surface area contributed by atoms with Gasteiger partial charge in [0.1, 0.15) is 6.04 Å². The number of anilines is 1. The largest absolute Gasteiger partial charge is 0.350 e. The minimum Gasteiger partial charge on any atom is -0.350 e. The maximum atomic E-state index is 12.4. The first-order chi connectivity index (χ1) is 9.02. The summed E-state index contributed by atoms with van der Waals surface area (Å²) in [6.07, 6.45) is 2.85. The lowest BCUT2D eigenvalue weighted by Gasteiger charge is -2.16. The van der Waals surface area contributed by atoms with E-state index in [1.807, 2.05) is 32.2 Å². The topological polar surface area (TPSA) is 32.3 Å². The molecule has 0 saturated carbocycles. The van der Waals surface area contributed by atoms with Crippen LogP contribution in [-0.4, -0.2) is 29.1 Å². The standard InChI is InChI=1S/C14H18N2OS2/c1-9-6-10(2)8-11(7-9)16-13(17)12(4-5-19-3)15-14(16)18/h6-8,12H,4-5H2,1-3H3,(H,15,18)/t12-/m1/s1. The number of thioether (sulfide) groups is 1. The van der Waals surface area contributed by atoms with Crippen LogP contribution in [0.2, 0.25) is 0 Å². The molecule has 0 bridgehead atoms. The number of rotatable bonds is 4. The zero-order valence-corrected chi connectivity index (χ0v) is 13.0. The Hall–Kier alpha value is -1.07. The number of carbonyl (C=O) groups excluding carboxylic acids is 1. The maximum absolute atomic E-state index is 12.4. The fraction of sp³-hybridized carbons (Fsp3) is 0.429. The molecule has 1 aliphatic rings. The summed E-state index contributed by atoms with van der Waals surface area (Å²) in [6.45, 7) is 4.05. The summed E-state index contributed by atoms with van der Waals surface area (Å²) in [6, 6.07) is 5.90. The van der Waals surface area contributed by atoms with Gasteiger partial charge in [0, 0.05) is 0 Å². The normalized spacial score (nSPS) is 18.9. The molecule has 1 aliphatic heterocycles. The third kappa shape index (κ3) is 3.09. The molecule has 1 fully saturated rings. The van der Waals surface area contributed by atoms with Crippen molar-refractivity contribution in [2.24, 2.45) is 0 Å². The fourth-order valence-electron chi connectivity index (χ4n) is 2.29. The van der Waals surface area contributed by atoms with Gasteiger partial charge in [-0.3, -0.25) is 9.69 Å². The molecular formula is C14H18N2OS2. The molecule has 1 saturated heterocycles. The zero-order valence-electron chi connectivity index (χ0n) is 11.4. The monoisotopic (exact) mass is 294 g/mol. The van der Waals surface area contributed by atoms with Gasteiger partial charge in [0.05, 0.1) is 5.69 Å². The lowest BCUT2D eigenvalue weighted by molar-refractivity contribution is -0.118. The van der Waals surface area contributed by atoms with E-state index in [2.05, 4.69) is 11.4 Å². The highest BCUT2D eigenvalue weighted by Gasteiger charge is 2.35. The van der Waals surface area contributed by atoms with Crippen molar-refractivity contribution in [2.75, 3.05) is 16.9 Å². The van der Waals surface area contributed by atoms with Gasteiger partial charge in [0.15, 0.2) is 5.11 Å². The number of amides is 1. The predicted molar refractivity (Wildman–Crippen MR) is 85.9 cm³/mol. The lowest BCUT2D eigenvalue weighted by Crippen LogP contribution is -2.31. The molecule has 1 heterocycles. The SMILES string of the molecule is CSCC[C@H]1NC(=S)N(c2cc(C)cc(C)c2)C1=O. The first-order valence-electron chi connectivity index (χ1n) is 6.24. The molecule has 3 nitrogen and oxygen atoms in total. The number of thiocarbonyl (C=S) groups is 1. The molecule has 0 spiro atoms. The number of carbonyl (C=O) groups is 1. The molecule has 1 atom stereocenters. The van der Waals surface area contributed by atoms with Gasteiger partial charge in [-0.1, -0.05) is 6.07 Å². The maximum Gasteiger partial charge on any atom is 0.255 e. The zero-order chi connectivity index (χ0) is 14.0. The number of benzene rings is 1. The summed E-state index contributed by atoms with van der Waals surface area (Å²) in [5.74, 6) is 1.01. The molecule has 1 N–H and O–H groups in total. The molecule has 1 aromatic carbocycles. The van der Waals surface area contributed by atoms with E-state index < -0.39 is 0 Å². The Balaban J connectivity index is 2.24. The van der Waals surface area contributed by atoms with Crippen molar-refractivity contribution < 1.29 is 4.79 Å². The Bertz CT molecular complexity index is 496. The minimum absolute atomic E-state index is 0.0593. The highest BCUT2D eigenvalue weighted by molar-refractivity contribution is 7.98. The number of nitrogens with one attached hydrogen (secondary N) is 1. The van der Waals surface area contributed by atoms with Gasteiger partial charge in [-0.15, -0.1) is 0 Å². The second-order valence-electron chi connectivity index (χ2n) is 4.80. The van der Waals surface area contributed by atoms with Crippen LogP contribution in [-0.2, 0) is 4.79 Å². The van der Waals surface area contributed by atoms with E-state index in [0.29, 0.717) is 5.11 Å². The van der Waals surface area contributed by atoms with E-state index in [1.165, 1.54) is 0 Å². The van der Waals surface area contributed by atoms with Crippen LogP contribution in [0.5, 0.6) is 0 Å². The average molecular weight is 294 g/mol. The fourth-order valence-corrected chi connectivity index (χ4v) is 3.10. The van der Waals surface area contributed by atoms with Crippen LogP contribution in [0.1, 0.15) is 17.5 Å². The second kappa shape index (κ2) is 5.92. The predicted octanol–water partition coefficient (Wildman–Crippen LogP) is 2.65. The van der Waals surface area contributed by atoms with Crippen LogP contribution < -0.4 is 10.2 Å². The molecule has 5 heteroatoms. The van der Waals surface area contributed by atoms with Crippen molar-refractivity contribution in [3.63, 3.8) is 0 Å². The Morgan fingerprint density at radius 2 is 1.95 bits per heavy atom. The van der Waals surface area contributed by atoms with Crippen LogP contribution >= 0.6 is 24.0 Å². The number of hydrogen-bond donors (Lipinski definition) is 1. The van der Waals surface area contributed by atoms with Gasteiger partial charge in [-0.2, -0.15) is 11.8 Å². The molecule has 0 unspecified atom stereocenters. The Morgan fingerprint density at radius 3 is 2.53 bits per heavy atom. The molecule has 0 aromatic heterocycles. The van der Waals surface area contributed by atoms with Crippen LogP contribution in [0.4, 0.5) is 5.69 Å². The first-order valence-corrected chi connectivity index (χ1v) is 8.05. The third-order valence-corrected chi connectivity index (χ3v) is 4.04. The summed E-state index contributed by atoms with van der Waals surface area (Å²) in [5, 5.41) is 3.64. The van der Waals surface area contributed by atoms with Crippen LogP contribution in [0.3, 0.4) is 0 Å². The van der Waals surface area contributed by atoms with Crippen molar-refractivity contribution >= 4 is 40.7 Å². The quantitative estimate of drug-likeness (QED) is 0.865. The van der Waals surface area contributed by atoms with Gasteiger partial charge >= 0.3 is 0 Å². The average Bonchev–Trinajstić information content (AvgIpc) is 2.60. The molecule has 1 aromatic rings. The van der Waals surface area contributed by atoms with E-state index in [4.69, 9.17) is 12.2 Å². The van der Waals surface area contributed by atoms with Gasteiger partial charge in [-0.25, -0.2) is 0 Å². The first kappa shape index (κ1) is 14.3. The van der Waals surface area contributed by atoms with E-state index >= 15 is 0 Å². The summed E-state index contributed by atoms with van der Waals surface area (Å²) >= 11 is 7.04. The summed E-state index contributed by atoms with van der Waals surface area (Å²) in [7, 11) is 0. The Morgan fingerprint density at radius 1 is 1.32 bits per heavy atom. The van der Waals surface area contributed by atoms with E-state index in [0.717, 1.165) is 29.0 Å². The number of nitrogens with zero attached hydrogens (tertiary/aromatic N) is 1. The number of hydrogen-bond acceptors (Lipinski definition) is 3. The smallest absolute Gasteiger partial charge is 0.255 e. The van der Waals surface area contributed by atoms with E-state index in [-0.39, 0.29) is 11.9 Å². The van der Waals surface area contributed by atoms with Gasteiger partial charge in [0.2, 0.25) is 0 Å². The van der Waals surface area contributed by atoms with Crippen LogP contribution in [0.15, 0.2) is 18.2 Å². The lowest BCUT2D eigenvalue weighted by atomic mass is 10.1. The van der Waals surface area contributed by atoms with Crippen molar-refractivity contribution in [3.05, 3.63) is 29.3 Å². The van der Waals surface area contributed by atoms with Gasteiger partial charge in [0.25, 0.3) is 5.91 Å². The molecule has 1 amide bonds. The molecule has 102 valence electrons. The Kier molecular flexibility index (Phi) is 4.47. The Labute approximate surface area is 123 Å². The third-order valence-electron chi connectivity index (χ3n) is 3.09. The summed E-state index contributed by atoms with van der Waals surface area (Å²) < 4.78 is 0. The van der Waals surface area contributed by atoms with Crippen LogP contribution in [0.25, 0.3) is 0 Å². The van der Waals surface area contributed by atoms with E-state index in [1.54, 1.807) is 16.7 Å². The summed E-state index contributed by atoms with van der Waals surface area (Å²) in [5.41, 5.74) is 3.14. The van der Waals surface area contributed by atoms with Crippen molar-refractivity contribution in [1.82, 2.24) is 5.32 Å². The molecular weight excluding hydrogens is 276 g/mol. The second-order valence-corrected chi connectivity index (χ2v) is 6.18. The van der Waals surface area contributed by atoms with Gasteiger partial charge in [-0.05, 0) is 67.8 Å². The van der Waals surface area contributed by atoms with Crippen molar-refractivity contribution in [2.45, 2.75) is 26.3 Å². The highest BCUT2D eigenvalue weighted by Crippen LogP contribution is 2.23. The number of aryl methyl sites for hydroxylation is 2. The molecule has 2 rings (SSSR count). The highest BCUT2D eigenvalue weighted by atomic mass is 32.2.